The molecule has 4 aromatic rings. The Morgan fingerprint density at radius 3 is 2.41 bits per heavy atom. The second-order valence-corrected chi connectivity index (χ2v) is 7.78. The predicted molar refractivity (Wildman–Crippen MR) is 124 cm³/mol. The van der Waals surface area contributed by atoms with Gasteiger partial charge in [0, 0.05) is 19.2 Å². The Labute approximate surface area is 188 Å². The summed E-state index contributed by atoms with van der Waals surface area (Å²) in [6, 6.07) is 26.1. The first-order valence-corrected chi connectivity index (χ1v) is 10.4. The fraction of sp³-hybridized carbons (Fsp3) is 0.148. The van der Waals surface area contributed by atoms with E-state index in [2.05, 4.69) is 47.6 Å². The lowest BCUT2D eigenvalue weighted by molar-refractivity contribution is 0.573. The number of aromatic nitrogens is 2. The number of rotatable bonds is 6. The molecule has 0 fully saturated rings. The Hall–Kier alpha value is -4.19. The van der Waals surface area contributed by atoms with Gasteiger partial charge in [0.05, 0.1) is 47.5 Å². The topological polar surface area (TPSA) is 77.4 Å². The highest BCUT2D eigenvalue weighted by Crippen LogP contribution is 2.31. The van der Waals surface area contributed by atoms with E-state index in [0.717, 1.165) is 33.5 Å². The number of hydrogen-bond donors (Lipinski definition) is 1. The molecule has 0 aliphatic rings. The molecule has 0 radical (unpaired) electrons. The maximum Gasteiger partial charge on any atom is 0.0998 e. The Morgan fingerprint density at radius 1 is 0.969 bits per heavy atom. The number of nitriles is 2. The van der Waals surface area contributed by atoms with Crippen molar-refractivity contribution >= 4 is 0 Å². The molecule has 3 aromatic carbocycles. The first-order valence-electron chi connectivity index (χ1n) is 10.4. The zero-order valence-electron chi connectivity index (χ0n) is 18.1. The van der Waals surface area contributed by atoms with Crippen molar-refractivity contribution in [1.82, 2.24) is 14.9 Å². The fourth-order valence-corrected chi connectivity index (χ4v) is 3.89. The molecule has 0 saturated heterocycles. The molecule has 32 heavy (non-hydrogen) atoms. The zero-order chi connectivity index (χ0) is 22.5. The van der Waals surface area contributed by atoms with Gasteiger partial charge in [-0.25, -0.2) is 4.98 Å². The van der Waals surface area contributed by atoms with Crippen LogP contribution in [0.1, 0.15) is 39.6 Å². The summed E-state index contributed by atoms with van der Waals surface area (Å²) in [5.74, 6) is 0. The maximum atomic E-state index is 9.72. The van der Waals surface area contributed by atoms with E-state index >= 15 is 0 Å². The predicted octanol–water partition coefficient (Wildman–Crippen LogP) is 5.02. The van der Waals surface area contributed by atoms with Crippen molar-refractivity contribution in [3.8, 4) is 23.3 Å². The number of hydrogen-bond acceptors (Lipinski definition) is 4. The van der Waals surface area contributed by atoms with Gasteiger partial charge in [0.1, 0.15) is 0 Å². The molecular formula is C27H23N5. The van der Waals surface area contributed by atoms with E-state index in [1.54, 1.807) is 6.33 Å². The van der Waals surface area contributed by atoms with Gasteiger partial charge in [-0.1, -0.05) is 42.5 Å². The number of imidazole rings is 1. The molecule has 156 valence electrons. The van der Waals surface area contributed by atoms with Crippen LogP contribution < -0.4 is 5.32 Å². The number of aryl methyl sites for hydroxylation is 2. The van der Waals surface area contributed by atoms with Gasteiger partial charge in [-0.2, -0.15) is 10.5 Å². The lowest BCUT2D eigenvalue weighted by Crippen LogP contribution is -2.24. The standard InChI is InChI=1S/C27H23N5/c1-19-5-3-4-6-24(19)25-13-22(11-12-23(25)15-29)27(26-17-30-18-32(26)2)31-16-21-9-7-20(14-28)8-10-21/h3-13,17-18,27,31H,16H2,1-2H3. The third-order valence-corrected chi connectivity index (χ3v) is 5.68. The van der Waals surface area contributed by atoms with Crippen LogP contribution >= 0.6 is 0 Å². The van der Waals surface area contributed by atoms with E-state index in [9.17, 15) is 5.26 Å². The molecule has 0 amide bonds. The third kappa shape index (κ3) is 4.30. The number of nitrogens with one attached hydrogen (secondary N) is 1. The van der Waals surface area contributed by atoms with Gasteiger partial charge in [-0.15, -0.1) is 0 Å². The van der Waals surface area contributed by atoms with Crippen molar-refractivity contribution in [2.45, 2.75) is 19.5 Å². The summed E-state index contributed by atoms with van der Waals surface area (Å²) in [5, 5.41) is 22.4. The summed E-state index contributed by atoms with van der Waals surface area (Å²) in [5.41, 5.74) is 7.58. The van der Waals surface area contributed by atoms with E-state index in [4.69, 9.17) is 5.26 Å². The van der Waals surface area contributed by atoms with E-state index in [1.165, 1.54) is 0 Å². The lowest BCUT2D eigenvalue weighted by Gasteiger charge is -2.21. The van der Waals surface area contributed by atoms with Crippen LogP contribution in [0.3, 0.4) is 0 Å². The average Bonchev–Trinajstić information content (AvgIpc) is 3.25. The third-order valence-electron chi connectivity index (χ3n) is 5.68. The van der Waals surface area contributed by atoms with Gasteiger partial charge >= 0.3 is 0 Å². The van der Waals surface area contributed by atoms with Crippen LogP contribution in [-0.2, 0) is 13.6 Å². The summed E-state index contributed by atoms with van der Waals surface area (Å²) >= 11 is 0. The van der Waals surface area contributed by atoms with Crippen LogP contribution in [0.5, 0.6) is 0 Å². The molecule has 1 atom stereocenters. The van der Waals surface area contributed by atoms with Crippen molar-refractivity contribution in [3.05, 3.63) is 113 Å². The Balaban J connectivity index is 1.74. The summed E-state index contributed by atoms with van der Waals surface area (Å²) in [6.07, 6.45) is 3.65. The molecule has 0 aliphatic heterocycles. The van der Waals surface area contributed by atoms with Crippen LogP contribution in [0.4, 0.5) is 0 Å². The monoisotopic (exact) mass is 417 g/mol. The molecule has 1 N–H and O–H groups in total. The largest absolute Gasteiger partial charge is 0.336 e. The van der Waals surface area contributed by atoms with Crippen molar-refractivity contribution in [2.24, 2.45) is 7.05 Å². The van der Waals surface area contributed by atoms with Gasteiger partial charge in [-0.05, 0) is 53.4 Å². The molecule has 1 aromatic heterocycles. The van der Waals surface area contributed by atoms with Crippen molar-refractivity contribution in [1.29, 1.82) is 10.5 Å². The minimum Gasteiger partial charge on any atom is -0.336 e. The first kappa shape index (κ1) is 21.1. The van der Waals surface area contributed by atoms with Gasteiger partial charge in [0.2, 0.25) is 0 Å². The second kappa shape index (κ2) is 9.31. The Kier molecular flexibility index (Phi) is 6.12. The summed E-state index contributed by atoms with van der Waals surface area (Å²) < 4.78 is 2.00. The fourth-order valence-electron chi connectivity index (χ4n) is 3.89. The molecular weight excluding hydrogens is 394 g/mol. The van der Waals surface area contributed by atoms with Gasteiger partial charge in [0.25, 0.3) is 0 Å². The van der Waals surface area contributed by atoms with Gasteiger partial charge in [0.15, 0.2) is 0 Å². The highest BCUT2D eigenvalue weighted by molar-refractivity contribution is 5.74. The van der Waals surface area contributed by atoms with Crippen molar-refractivity contribution < 1.29 is 0 Å². The SMILES string of the molecule is Cc1ccccc1-c1cc(C(NCc2ccc(C#N)cc2)c2cncn2C)ccc1C#N. The van der Waals surface area contributed by atoms with Crippen molar-refractivity contribution in [3.63, 3.8) is 0 Å². The molecule has 0 bridgehead atoms. The zero-order valence-corrected chi connectivity index (χ0v) is 18.1. The smallest absolute Gasteiger partial charge is 0.0998 e. The highest BCUT2D eigenvalue weighted by Gasteiger charge is 2.19. The molecule has 0 saturated carbocycles. The molecule has 1 heterocycles. The molecule has 0 spiro atoms. The van der Waals surface area contributed by atoms with Crippen LogP contribution in [-0.4, -0.2) is 9.55 Å². The highest BCUT2D eigenvalue weighted by atomic mass is 15.1. The minimum atomic E-state index is -0.117. The molecule has 0 aliphatic carbocycles. The maximum absolute atomic E-state index is 9.72. The van der Waals surface area contributed by atoms with E-state index in [0.29, 0.717) is 17.7 Å². The molecule has 1 unspecified atom stereocenters. The summed E-state index contributed by atoms with van der Waals surface area (Å²) in [6.45, 7) is 2.69. The summed E-state index contributed by atoms with van der Waals surface area (Å²) in [4.78, 5) is 4.31. The van der Waals surface area contributed by atoms with E-state index in [1.807, 2.05) is 66.3 Å². The van der Waals surface area contributed by atoms with E-state index < -0.39 is 0 Å². The first-order chi connectivity index (χ1) is 15.6. The van der Waals surface area contributed by atoms with Crippen LogP contribution in [0.25, 0.3) is 11.1 Å². The molecule has 5 nitrogen and oxygen atoms in total. The number of nitrogens with zero attached hydrogens (tertiary/aromatic N) is 4. The van der Waals surface area contributed by atoms with Crippen molar-refractivity contribution in [2.75, 3.05) is 0 Å². The van der Waals surface area contributed by atoms with Crippen LogP contribution in [0.15, 0.2) is 79.3 Å². The van der Waals surface area contributed by atoms with Gasteiger partial charge < -0.3 is 9.88 Å². The second-order valence-electron chi connectivity index (χ2n) is 7.78. The van der Waals surface area contributed by atoms with Crippen LogP contribution in [0.2, 0.25) is 0 Å². The van der Waals surface area contributed by atoms with E-state index in [-0.39, 0.29) is 6.04 Å². The molecule has 5 heteroatoms. The number of benzene rings is 3. The Bertz CT molecular complexity index is 1320. The normalized spacial score (nSPS) is 11.5. The minimum absolute atomic E-state index is 0.117. The Morgan fingerprint density at radius 2 is 1.75 bits per heavy atom. The average molecular weight is 418 g/mol. The van der Waals surface area contributed by atoms with Gasteiger partial charge in [-0.3, -0.25) is 0 Å². The lowest BCUT2D eigenvalue weighted by atomic mass is 9.92. The quantitative estimate of drug-likeness (QED) is 0.478. The van der Waals surface area contributed by atoms with Crippen LogP contribution in [0, 0.1) is 29.6 Å². The molecule has 4 rings (SSSR count). The summed E-state index contributed by atoms with van der Waals surface area (Å²) in [7, 11) is 1.98.